The first-order valence-electron chi connectivity index (χ1n) is 5.26. The lowest BCUT2D eigenvalue weighted by Gasteiger charge is -2.02. The molecule has 1 heterocycles. The largest absolute Gasteiger partial charge is 0.296 e. The van der Waals surface area contributed by atoms with Gasteiger partial charge in [-0.3, -0.25) is 10.1 Å². The van der Waals surface area contributed by atoms with Crippen molar-refractivity contribution in [2.75, 3.05) is 5.32 Å². The molecular formula is C12H10N4OS. The van der Waals surface area contributed by atoms with E-state index in [0.29, 0.717) is 17.1 Å². The topological polar surface area (TPSA) is 78.7 Å². The summed E-state index contributed by atoms with van der Waals surface area (Å²) in [5.74, 6) is -0.245. The van der Waals surface area contributed by atoms with Gasteiger partial charge in [-0.05, 0) is 24.6 Å². The smallest absolute Gasteiger partial charge is 0.257 e. The van der Waals surface area contributed by atoms with E-state index < -0.39 is 0 Å². The fourth-order valence-corrected chi connectivity index (χ4v) is 2.02. The fourth-order valence-electron chi connectivity index (χ4n) is 1.43. The summed E-state index contributed by atoms with van der Waals surface area (Å²) in [5, 5.41) is 20.2. The Hall–Kier alpha value is -2.26. The SMILES string of the molecule is Cc1nnc(NC(=O)c2cccc(CC#N)c2)s1. The summed E-state index contributed by atoms with van der Waals surface area (Å²) in [5.41, 5.74) is 1.33. The number of carbonyl (C=O) groups excluding carboxylic acids is 1. The van der Waals surface area contributed by atoms with Crippen LogP contribution in [0.5, 0.6) is 0 Å². The lowest BCUT2D eigenvalue weighted by Crippen LogP contribution is -2.11. The maximum absolute atomic E-state index is 11.9. The van der Waals surface area contributed by atoms with Crippen LogP contribution < -0.4 is 5.32 Å². The van der Waals surface area contributed by atoms with Gasteiger partial charge in [0.25, 0.3) is 5.91 Å². The molecule has 0 spiro atoms. The van der Waals surface area contributed by atoms with Crippen LogP contribution in [0.2, 0.25) is 0 Å². The number of carbonyl (C=O) groups is 1. The molecule has 0 unspecified atom stereocenters. The fraction of sp³-hybridized carbons (Fsp3) is 0.167. The minimum Gasteiger partial charge on any atom is -0.296 e. The molecule has 1 aromatic heterocycles. The van der Waals surface area contributed by atoms with Crippen molar-refractivity contribution in [1.82, 2.24) is 10.2 Å². The molecule has 0 saturated carbocycles. The number of hydrogen-bond donors (Lipinski definition) is 1. The minimum absolute atomic E-state index is 0.245. The van der Waals surface area contributed by atoms with Crippen molar-refractivity contribution in [1.29, 1.82) is 5.26 Å². The van der Waals surface area contributed by atoms with Gasteiger partial charge in [-0.2, -0.15) is 5.26 Å². The van der Waals surface area contributed by atoms with Gasteiger partial charge >= 0.3 is 0 Å². The Balaban J connectivity index is 2.14. The third-order valence-corrected chi connectivity index (χ3v) is 2.97. The van der Waals surface area contributed by atoms with Crippen LogP contribution >= 0.6 is 11.3 Å². The first-order valence-corrected chi connectivity index (χ1v) is 6.08. The maximum atomic E-state index is 11.9. The van der Waals surface area contributed by atoms with E-state index in [0.717, 1.165) is 10.6 Å². The Morgan fingerprint density at radius 1 is 1.50 bits per heavy atom. The summed E-state index contributed by atoms with van der Waals surface area (Å²) in [7, 11) is 0. The van der Waals surface area contributed by atoms with Gasteiger partial charge in [-0.1, -0.05) is 23.5 Å². The number of amides is 1. The molecule has 2 aromatic rings. The van der Waals surface area contributed by atoms with E-state index in [2.05, 4.69) is 21.6 Å². The summed E-state index contributed by atoms with van der Waals surface area (Å²) >= 11 is 1.32. The predicted octanol–water partition coefficient (Wildman–Crippen LogP) is 2.16. The monoisotopic (exact) mass is 258 g/mol. The summed E-state index contributed by atoms with van der Waals surface area (Å²) in [4.78, 5) is 11.9. The lowest BCUT2D eigenvalue weighted by atomic mass is 10.1. The molecule has 0 atom stereocenters. The maximum Gasteiger partial charge on any atom is 0.257 e. The van der Waals surface area contributed by atoms with Crippen molar-refractivity contribution in [3.8, 4) is 6.07 Å². The quantitative estimate of drug-likeness (QED) is 0.915. The molecule has 1 aromatic carbocycles. The highest BCUT2D eigenvalue weighted by atomic mass is 32.1. The van der Waals surface area contributed by atoms with E-state index in [1.807, 2.05) is 13.0 Å². The van der Waals surface area contributed by atoms with Crippen molar-refractivity contribution < 1.29 is 4.79 Å². The third kappa shape index (κ3) is 2.90. The number of aromatic nitrogens is 2. The average molecular weight is 258 g/mol. The first kappa shape index (κ1) is 12.2. The van der Waals surface area contributed by atoms with E-state index in [4.69, 9.17) is 5.26 Å². The zero-order valence-electron chi connectivity index (χ0n) is 9.67. The standard InChI is InChI=1S/C12H10N4OS/c1-8-15-16-12(18-8)14-11(17)10-4-2-3-9(7-10)5-6-13/h2-4,7H,5H2,1H3,(H,14,16,17). The Morgan fingerprint density at radius 2 is 2.33 bits per heavy atom. The molecule has 0 fully saturated rings. The van der Waals surface area contributed by atoms with Crippen LogP contribution in [0.1, 0.15) is 20.9 Å². The molecule has 18 heavy (non-hydrogen) atoms. The second-order valence-electron chi connectivity index (χ2n) is 3.62. The molecular weight excluding hydrogens is 248 g/mol. The number of hydrogen-bond acceptors (Lipinski definition) is 5. The molecule has 1 amide bonds. The molecule has 0 bridgehead atoms. The zero-order chi connectivity index (χ0) is 13.0. The van der Waals surface area contributed by atoms with Gasteiger partial charge < -0.3 is 0 Å². The first-order chi connectivity index (χ1) is 8.69. The molecule has 6 heteroatoms. The third-order valence-electron chi connectivity index (χ3n) is 2.22. The van der Waals surface area contributed by atoms with Gasteiger partial charge in [0.1, 0.15) is 5.01 Å². The number of nitrogens with zero attached hydrogens (tertiary/aromatic N) is 3. The van der Waals surface area contributed by atoms with Crippen molar-refractivity contribution in [2.24, 2.45) is 0 Å². The van der Waals surface area contributed by atoms with Crippen LogP contribution in [0.15, 0.2) is 24.3 Å². The summed E-state index contributed by atoms with van der Waals surface area (Å²) in [6.07, 6.45) is 0.291. The Morgan fingerprint density at radius 3 is 3.00 bits per heavy atom. The van der Waals surface area contributed by atoms with Gasteiger partial charge in [0.05, 0.1) is 12.5 Å². The highest BCUT2D eigenvalue weighted by Gasteiger charge is 2.09. The molecule has 0 aliphatic heterocycles. The van der Waals surface area contributed by atoms with Gasteiger partial charge in [-0.15, -0.1) is 10.2 Å². The van der Waals surface area contributed by atoms with E-state index in [1.165, 1.54) is 11.3 Å². The highest BCUT2D eigenvalue weighted by molar-refractivity contribution is 7.15. The van der Waals surface area contributed by atoms with Crippen LogP contribution in [0.25, 0.3) is 0 Å². The highest BCUT2D eigenvalue weighted by Crippen LogP contribution is 2.15. The molecule has 2 rings (SSSR count). The summed E-state index contributed by atoms with van der Waals surface area (Å²) < 4.78 is 0. The van der Waals surface area contributed by atoms with E-state index in [1.54, 1.807) is 18.2 Å². The van der Waals surface area contributed by atoms with Gasteiger partial charge in [-0.25, -0.2) is 0 Å². The van der Waals surface area contributed by atoms with Gasteiger partial charge in [0.2, 0.25) is 5.13 Å². The number of anilines is 1. The molecule has 5 nitrogen and oxygen atoms in total. The number of aryl methyl sites for hydroxylation is 1. The molecule has 0 radical (unpaired) electrons. The predicted molar refractivity (Wildman–Crippen MR) is 68.4 cm³/mol. The zero-order valence-corrected chi connectivity index (χ0v) is 10.5. The Kier molecular flexibility index (Phi) is 3.65. The second-order valence-corrected chi connectivity index (χ2v) is 4.80. The molecule has 0 aliphatic carbocycles. The van der Waals surface area contributed by atoms with Crippen LogP contribution in [0.3, 0.4) is 0 Å². The van der Waals surface area contributed by atoms with Crippen molar-refractivity contribution in [3.05, 3.63) is 40.4 Å². The van der Waals surface area contributed by atoms with E-state index in [-0.39, 0.29) is 5.91 Å². The molecule has 90 valence electrons. The van der Waals surface area contributed by atoms with Crippen LogP contribution in [-0.2, 0) is 6.42 Å². The summed E-state index contributed by atoms with van der Waals surface area (Å²) in [6, 6.07) is 9.02. The van der Waals surface area contributed by atoms with E-state index >= 15 is 0 Å². The average Bonchev–Trinajstić information content (AvgIpc) is 2.75. The van der Waals surface area contributed by atoms with E-state index in [9.17, 15) is 4.79 Å². The molecule has 1 N–H and O–H groups in total. The van der Waals surface area contributed by atoms with Crippen LogP contribution in [0, 0.1) is 18.3 Å². The van der Waals surface area contributed by atoms with Crippen molar-refractivity contribution in [3.63, 3.8) is 0 Å². The lowest BCUT2D eigenvalue weighted by molar-refractivity contribution is 0.102. The minimum atomic E-state index is -0.245. The van der Waals surface area contributed by atoms with Crippen LogP contribution in [-0.4, -0.2) is 16.1 Å². The van der Waals surface area contributed by atoms with Crippen LogP contribution in [0.4, 0.5) is 5.13 Å². The Bertz CT molecular complexity index is 615. The van der Waals surface area contributed by atoms with Gasteiger partial charge in [0, 0.05) is 5.56 Å². The molecule has 0 saturated heterocycles. The number of nitriles is 1. The molecule has 0 aliphatic rings. The second kappa shape index (κ2) is 5.38. The van der Waals surface area contributed by atoms with Crippen molar-refractivity contribution >= 4 is 22.4 Å². The normalized spacial score (nSPS) is 9.78. The van der Waals surface area contributed by atoms with Gasteiger partial charge in [0.15, 0.2) is 0 Å². The number of rotatable bonds is 3. The Labute approximate surface area is 108 Å². The summed E-state index contributed by atoms with van der Waals surface area (Å²) in [6.45, 7) is 1.82. The number of benzene rings is 1. The van der Waals surface area contributed by atoms with Crippen molar-refractivity contribution in [2.45, 2.75) is 13.3 Å². The number of nitrogens with one attached hydrogen (secondary N) is 1.